The number of ether oxygens (including phenoxy) is 3. The zero-order valence-corrected chi connectivity index (χ0v) is 13.3. The van der Waals surface area contributed by atoms with Crippen molar-refractivity contribution in [2.24, 2.45) is 0 Å². The van der Waals surface area contributed by atoms with Crippen molar-refractivity contribution in [3.05, 3.63) is 35.0 Å². The van der Waals surface area contributed by atoms with E-state index in [4.69, 9.17) is 25.8 Å². The minimum Gasteiger partial charge on any atom is -0.465 e. The molecule has 1 aromatic heterocycles. The van der Waals surface area contributed by atoms with E-state index in [1.165, 1.54) is 7.11 Å². The maximum Gasteiger partial charge on any atom is 0.340 e. The van der Waals surface area contributed by atoms with Crippen LogP contribution in [0, 0.1) is 0 Å². The average Bonchev–Trinajstić information content (AvgIpc) is 3.03. The van der Waals surface area contributed by atoms with E-state index < -0.39 is 5.97 Å². The molecule has 1 aromatic carbocycles. The molecule has 0 amide bonds. The van der Waals surface area contributed by atoms with Gasteiger partial charge in [0.25, 0.3) is 0 Å². The minimum atomic E-state index is -0.510. The van der Waals surface area contributed by atoms with Crippen molar-refractivity contribution in [3.63, 3.8) is 0 Å². The summed E-state index contributed by atoms with van der Waals surface area (Å²) in [7, 11) is 1.31. The van der Waals surface area contributed by atoms with Crippen LogP contribution >= 0.6 is 11.6 Å². The summed E-state index contributed by atoms with van der Waals surface area (Å²) in [5, 5.41) is 8.51. The summed E-state index contributed by atoms with van der Waals surface area (Å²) in [6, 6.07) is 5.14. The van der Waals surface area contributed by atoms with Crippen molar-refractivity contribution in [1.29, 1.82) is 0 Å². The average molecular weight is 338 g/mol. The largest absolute Gasteiger partial charge is 0.465 e. The van der Waals surface area contributed by atoms with E-state index in [0.29, 0.717) is 42.6 Å². The van der Waals surface area contributed by atoms with Crippen molar-refractivity contribution in [2.45, 2.75) is 12.6 Å². The Bertz CT molecular complexity index is 698. The van der Waals surface area contributed by atoms with Crippen LogP contribution in [0.3, 0.4) is 0 Å². The molecule has 0 N–H and O–H groups in total. The molecule has 1 aliphatic rings. The zero-order valence-electron chi connectivity index (χ0n) is 12.6. The predicted octanol–water partition coefficient (Wildman–Crippen LogP) is 1.80. The highest BCUT2D eigenvalue weighted by Gasteiger charge is 2.20. The molecule has 7 nitrogen and oxygen atoms in total. The van der Waals surface area contributed by atoms with E-state index in [1.54, 1.807) is 29.1 Å². The van der Waals surface area contributed by atoms with Gasteiger partial charge in [-0.05, 0) is 6.07 Å². The first kappa shape index (κ1) is 15.9. The molecule has 122 valence electrons. The smallest absolute Gasteiger partial charge is 0.340 e. The van der Waals surface area contributed by atoms with Crippen molar-refractivity contribution in [3.8, 4) is 11.3 Å². The molecular formula is C15H16ClN3O4. The number of aromatic nitrogens is 3. The van der Waals surface area contributed by atoms with E-state index >= 15 is 0 Å². The van der Waals surface area contributed by atoms with Gasteiger partial charge >= 0.3 is 5.97 Å². The Morgan fingerprint density at radius 3 is 3.09 bits per heavy atom. The third-order valence-electron chi connectivity index (χ3n) is 3.49. The number of esters is 1. The van der Waals surface area contributed by atoms with Crippen LogP contribution in [0.5, 0.6) is 0 Å². The van der Waals surface area contributed by atoms with Gasteiger partial charge in [0.2, 0.25) is 0 Å². The molecule has 1 atom stereocenters. The Labute approximate surface area is 138 Å². The fourth-order valence-corrected chi connectivity index (χ4v) is 2.66. The molecule has 0 saturated carbocycles. The second-order valence-electron chi connectivity index (χ2n) is 5.05. The molecule has 0 bridgehead atoms. The van der Waals surface area contributed by atoms with Crippen LogP contribution < -0.4 is 0 Å². The van der Waals surface area contributed by atoms with E-state index in [1.807, 2.05) is 0 Å². The third kappa shape index (κ3) is 3.52. The number of methoxy groups -OCH3 is 1. The molecule has 1 aliphatic heterocycles. The number of halogens is 1. The molecule has 2 aromatic rings. The van der Waals surface area contributed by atoms with Crippen LogP contribution in [-0.2, 0) is 20.8 Å². The quantitative estimate of drug-likeness (QED) is 0.792. The standard InChI is InChI=1S/C15H16ClN3O4/c1-21-15(20)14-11(3-2-4-12(14)16)13-8-19(18-17-13)7-10-9-22-5-6-23-10/h2-4,8,10H,5-7,9H2,1H3/t10-/m0/s1. The fraction of sp³-hybridized carbons (Fsp3) is 0.400. The number of hydrogen-bond acceptors (Lipinski definition) is 6. The van der Waals surface area contributed by atoms with Gasteiger partial charge in [0.05, 0.1) is 50.3 Å². The van der Waals surface area contributed by atoms with Crippen molar-refractivity contribution >= 4 is 17.6 Å². The molecule has 1 saturated heterocycles. The highest BCUT2D eigenvalue weighted by Crippen LogP contribution is 2.28. The van der Waals surface area contributed by atoms with Crippen LogP contribution in [0.4, 0.5) is 0 Å². The molecule has 0 radical (unpaired) electrons. The normalized spacial score (nSPS) is 17.9. The molecule has 3 rings (SSSR count). The van der Waals surface area contributed by atoms with Gasteiger partial charge in [0, 0.05) is 5.56 Å². The van der Waals surface area contributed by atoms with Crippen LogP contribution in [0.2, 0.25) is 5.02 Å². The topological polar surface area (TPSA) is 75.5 Å². The van der Waals surface area contributed by atoms with Gasteiger partial charge in [0.1, 0.15) is 11.8 Å². The molecular weight excluding hydrogens is 322 g/mol. The second kappa shape index (κ2) is 7.08. The lowest BCUT2D eigenvalue weighted by Crippen LogP contribution is -2.32. The van der Waals surface area contributed by atoms with Crippen LogP contribution in [0.15, 0.2) is 24.4 Å². The Morgan fingerprint density at radius 2 is 2.35 bits per heavy atom. The summed E-state index contributed by atoms with van der Waals surface area (Å²) in [5.74, 6) is -0.510. The molecule has 1 fully saturated rings. The van der Waals surface area contributed by atoms with E-state index in [-0.39, 0.29) is 11.7 Å². The maximum atomic E-state index is 12.0. The minimum absolute atomic E-state index is 0.0576. The lowest BCUT2D eigenvalue weighted by atomic mass is 10.1. The lowest BCUT2D eigenvalue weighted by molar-refractivity contribution is -0.0947. The third-order valence-corrected chi connectivity index (χ3v) is 3.81. The number of hydrogen-bond donors (Lipinski definition) is 0. The SMILES string of the molecule is COC(=O)c1c(Cl)cccc1-c1cn(C[C@H]2COCCO2)nn1. The summed E-state index contributed by atoms with van der Waals surface area (Å²) in [5.41, 5.74) is 1.40. The first-order valence-corrected chi connectivity index (χ1v) is 7.53. The molecule has 8 heteroatoms. The van der Waals surface area contributed by atoms with Gasteiger partial charge in [-0.1, -0.05) is 28.9 Å². The zero-order chi connectivity index (χ0) is 16.2. The van der Waals surface area contributed by atoms with Crippen LogP contribution in [-0.4, -0.2) is 54.0 Å². The first-order valence-electron chi connectivity index (χ1n) is 7.15. The van der Waals surface area contributed by atoms with Gasteiger partial charge in [-0.15, -0.1) is 5.10 Å². The maximum absolute atomic E-state index is 12.0. The van der Waals surface area contributed by atoms with Crippen LogP contribution in [0.1, 0.15) is 10.4 Å². The van der Waals surface area contributed by atoms with Gasteiger partial charge in [-0.2, -0.15) is 0 Å². The van der Waals surface area contributed by atoms with E-state index in [9.17, 15) is 4.79 Å². The summed E-state index contributed by atoms with van der Waals surface area (Å²) in [4.78, 5) is 12.0. The summed E-state index contributed by atoms with van der Waals surface area (Å²) >= 11 is 6.12. The Morgan fingerprint density at radius 1 is 1.48 bits per heavy atom. The fourth-order valence-electron chi connectivity index (χ4n) is 2.41. The Kier molecular flexibility index (Phi) is 4.90. The van der Waals surface area contributed by atoms with Gasteiger partial charge in [0.15, 0.2) is 0 Å². The van der Waals surface area contributed by atoms with Gasteiger partial charge < -0.3 is 14.2 Å². The number of carbonyl (C=O) groups is 1. The number of benzene rings is 1. The lowest BCUT2D eigenvalue weighted by Gasteiger charge is -2.22. The summed E-state index contributed by atoms with van der Waals surface area (Å²) in [6.07, 6.45) is 1.69. The molecule has 0 spiro atoms. The monoisotopic (exact) mass is 337 g/mol. The molecule has 0 unspecified atom stereocenters. The van der Waals surface area contributed by atoms with Crippen molar-refractivity contribution in [2.75, 3.05) is 26.9 Å². The predicted molar refractivity (Wildman–Crippen MR) is 82.4 cm³/mol. The van der Waals surface area contributed by atoms with Crippen molar-refractivity contribution < 1.29 is 19.0 Å². The Hall–Kier alpha value is -1.96. The molecule has 0 aliphatic carbocycles. The summed E-state index contributed by atoms with van der Waals surface area (Å²) in [6.45, 7) is 2.25. The van der Waals surface area contributed by atoms with Gasteiger partial charge in [-0.25, -0.2) is 9.48 Å². The molecule has 23 heavy (non-hydrogen) atoms. The first-order chi connectivity index (χ1) is 11.2. The second-order valence-corrected chi connectivity index (χ2v) is 5.45. The van der Waals surface area contributed by atoms with E-state index in [2.05, 4.69) is 10.3 Å². The Balaban J connectivity index is 1.85. The number of rotatable bonds is 4. The van der Waals surface area contributed by atoms with Gasteiger partial charge in [-0.3, -0.25) is 0 Å². The van der Waals surface area contributed by atoms with E-state index in [0.717, 1.165) is 0 Å². The summed E-state index contributed by atoms with van der Waals surface area (Å²) < 4.78 is 17.4. The molecule has 2 heterocycles. The highest BCUT2D eigenvalue weighted by molar-refractivity contribution is 6.34. The highest BCUT2D eigenvalue weighted by atomic mass is 35.5. The van der Waals surface area contributed by atoms with Crippen LogP contribution in [0.25, 0.3) is 11.3 Å². The number of nitrogens with zero attached hydrogens (tertiary/aromatic N) is 3. The number of carbonyl (C=O) groups excluding carboxylic acids is 1. The van der Waals surface area contributed by atoms with Crippen molar-refractivity contribution in [1.82, 2.24) is 15.0 Å².